The number of benzene rings is 1. The van der Waals surface area contributed by atoms with Gasteiger partial charge >= 0.3 is 0 Å². The van der Waals surface area contributed by atoms with Crippen LogP contribution >= 0.6 is 0 Å². The van der Waals surface area contributed by atoms with Crippen LogP contribution in [0.15, 0.2) is 36.7 Å². The first kappa shape index (κ1) is 13.2. The zero-order valence-corrected chi connectivity index (χ0v) is 11.8. The Morgan fingerprint density at radius 3 is 2.85 bits per heavy atom. The van der Waals surface area contributed by atoms with Crippen LogP contribution in [0.3, 0.4) is 0 Å². The maximum Gasteiger partial charge on any atom is 0.181 e. The first-order valence-electron chi connectivity index (χ1n) is 6.68. The highest BCUT2D eigenvalue weighted by Gasteiger charge is 2.35. The van der Waals surface area contributed by atoms with Crippen LogP contribution < -0.4 is 0 Å². The quantitative estimate of drug-likeness (QED) is 0.796. The predicted molar refractivity (Wildman–Crippen MR) is 77.5 cm³/mol. The molecular weight excluding hydrogens is 274 g/mol. The number of ketones is 1. The summed E-state index contributed by atoms with van der Waals surface area (Å²) in [6, 6.07) is 7.19. The molecule has 3 rings (SSSR count). The summed E-state index contributed by atoms with van der Waals surface area (Å²) in [6.07, 6.45) is 5.16. The molecule has 1 aromatic heterocycles. The standard InChI is InChI=1S/C15H15NO3S/c17-15(14-6-1-2-9-20(14,18)19)12-5-3-4-11-7-8-16-10-13(11)12/h3-5,7-8,10,14H,1-2,6,9H2. The molecule has 1 aliphatic heterocycles. The second kappa shape index (κ2) is 4.98. The van der Waals surface area contributed by atoms with Crippen LogP contribution in [0, 0.1) is 0 Å². The average molecular weight is 289 g/mol. The van der Waals surface area contributed by atoms with Gasteiger partial charge < -0.3 is 0 Å². The number of carbonyl (C=O) groups excluding carboxylic acids is 1. The van der Waals surface area contributed by atoms with Crippen LogP contribution in [0.2, 0.25) is 0 Å². The summed E-state index contributed by atoms with van der Waals surface area (Å²) < 4.78 is 24.2. The van der Waals surface area contributed by atoms with Gasteiger partial charge in [0.2, 0.25) is 0 Å². The Labute approximate surface area is 117 Å². The van der Waals surface area contributed by atoms with E-state index in [1.165, 1.54) is 0 Å². The van der Waals surface area contributed by atoms with Gasteiger partial charge in [0.1, 0.15) is 5.25 Å². The Morgan fingerprint density at radius 1 is 1.20 bits per heavy atom. The molecule has 1 unspecified atom stereocenters. The van der Waals surface area contributed by atoms with Crippen molar-refractivity contribution < 1.29 is 13.2 Å². The molecule has 1 aliphatic rings. The number of rotatable bonds is 2. The minimum Gasteiger partial charge on any atom is -0.293 e. The largest absolute Gasteiger partial charge is 0.293 e. The smallest absolute Gasteiger partial charge is 0.181 e. The number of pyridine rings is 1. The summed E-state index contributed by atoms with van der Waals surface area (Å²) >= 11 is 0. The lowest BCUT2D eigenvalue weighted by Crippen LogP contribution is -2.35. The molecule has 1 aromatic carbocycles. The van der Waals surface area contributed by atoms with Gasteiger partial charge in [-0.05, 0) is 24.3 Å². The van der Waals surface area contributed by atoms with Crippen LogP contribution in [-0.4, -0.2) is 30.2 Å². The van der Waals surface area contributed by atoms with E-state index in [1.807, 2.05) is 12.1 Å². The van der Waals surface area contributed by atoms with E-state index in [1.54, 1.807) is 24.5 Å². The molecule has 0 amide bonds. The van der Waals surface area contributed by atoms with Crippen LogP contribution in [0.5, 0.6) is 0 Å². The van der Waals surface area contributed by atoms with Crippen LogP contribution in [-0.2, 0) is 9.84 Å². The molecule has 1 atom stereocenters. The van der Waals surface area contributed by atoms with Crippen LogP contribution in [0.4, 0.5) is 0 Å². The maximum absolute atomic E-state index is 12.6. The van der Waals surface area contributed by atoms with Crippen molar-refractivity contribution in [3.8, 4) is 0 Å². The molecule has 0 spiro atoms. The molecule has 1 saturated heterocycles. The fourth-order valence-corrected chi connectivity index (χ4v) is 4.62. The Bertz CT molecular complexity index is 762. The van der Waals surface area contributed by atoms with Gasteiger partial charge in [0.05, 0.1) is 5.75 Å². The van der Waals surface area contributed by atoms with Crippen molar-refractivity contribution in [2.75, 3.05) is 5.75 Å². The third kappa shape index (κ3) is 2.22. The second-order valence-corrected chi connectivity index (χ2v) is 7.42. The fraction of sp³-hybridized carbons (Fsp3) is 0.333. The molecule has 2 heterocycles. The van der Waals surface area contributed by atoms with E-state index in [0.29, 0.717) is 18.4 Å². The molecule has 0 aliphatic carbocycles. The number of Topliss-reactive ketones (excluding diaryl/α,β-unsaturated/α-hetero) is 1. The third-order valence-corrected chi connectivity index (χ3v) is 5.99. The van der Waals surface area contributed by atoms with Crippen molar-refractivity contribution >= 4 is 26.4 Å². The van der Waals surface area contributed by atoms with E-state index in [-0.39, 0.29) is 11.5 Å². The fourth-order valence-electron chi connectivity index (χ4n) is 2.75. The van der Waals surface area contributed by atoms with Gasteiger partial charge in [-0.3, -0.25) is 9.78 Å². The van der Waals surface area contributed by atoms with Crippen molar-refractivity contribution in [1.29, 1.82) is 0 Å². The van der Waals surface area contributed by atoms with Gasteiger partial charge in [0, 0.05) is 23.3 Å². The minimum absolute atomic E-state index is 0.117. The van der Waals surface area contributed by atoms with Gasteiger partial charge in [-0.2, -0.15) is 0 Å². The zero-order valence-electron chi connectivity index (χ0n) is 11.0. The number of carbonyl (C=O) groups is 1. The monoisotopic (exact) mass is 289 g/mol. The summed E-state index contributed by atoms with van der Waals surface area (Å²) in [5.74, 6) is -0.171. The van der Waals surface area contributed by atoms with Crippen molar-refractivity contribution in [2.24, 2.45) is 0 Å². The number of fused-ring (bicyclic) bond motifs is 1. The molecule has 2 aromatic rings. The van der Waals surface area contributed by atoms with E-state index in [9.17, 15) is 13.2 Å². The van der Waals surface area contributed by atoms with Gasteiger partial charge in [-0.1, -0.05) is 24.6 Å². The van der Waals surface area contributed by atoms with Gasteiger partial charge in [-0.25, -0.2) is 8.42 Å². The van der Waals surface area contributed by atoms with Crippen molar-refractivity contribution in [2.45, 2.75) is 24.5 Å². The SMILES string of the molecule is O=C(c1cccc2ccncc12)C1CCCCS1(=O)=O. The topological polar surface area (TPSA) is 64.1 Å². The second-order valence-electron chi connectivity index (χ2n) is 5.12. The van der Waals surface area contributed by atoms with E-state index >= 15 is 0 Å². The molecule has 1 fully saturated rings. The van der Waals surface area contributed by atoms with E-state index < -0.39 is 15.1 Å². The summed E-state index contributed by atoms with van der Waals surface area (Å²) in [5, 5.41) is 0.738. The Hall–Kier alpha value is -1.75. The lowest BCUT2D eigenvalue weighted by molar-refractivity contribution is 0.0983. The predicted octanol–water partition coefficient (Wildman–Crippen LogP) is 2.38. The summed E-state index contributed by atoms with van der Waals surface area (Å²) in [5.41, 5.74) is 0.464. The number of aromatic nitrogens is 1. The van der Waals surface area contributed by atoms with Crippen LogP contribution in [0.1, 0.15) is 29.6 Å². The minimum atomic E-state index is -3.31. The summed E-state index contributed by atoms with van der Waals surface area (Å²) in [6.45, 7) is 0. The molecule has 5 heteroatoms. The molecular formula is C15H15NO3S. The van der Waals surface area contributed by atoms with Crippen molar-refractivity contribution in [3.05, 3.63) is 42.2 Å². The normalized spacial score (nSPS) is 21.7. The first-order chi connectivity index (χ1) is 9.59. The number of nitrogens with zero attached hydrogens (tertiary/aromatic N) is 1. The maximum atomic E-state index is 12.6. The molecule has 0 bridgehead atoms. The van der Waals surface area contributed by atoms with Gasteiger partial charge in [0.15, 0.2) is 15.6 Å². The lowest BCUT2D eigenvalue weighted by atomic mass is 9.99. The molecule has 20 heavy (non-hydrogen) atoms. The van der Waals surface area contributed by atoms with Crippen molar-refractivity contribution in [1.82, 2.24) is 4.98 Å². The van der Waals surface area contributed by atoms with E-state index in [0.717, 1.165) is 17.2 Å². The molecule has 0 N–H and O–H groups in total. The number of sulfone groups is 1. The molecule has 104 valence electrons. The van der Waals surface area contributed by atoms with Gasteiger partial charge in [-0.15, -0.1) is 0 Å². The highest BCUT2D eigenvalue weighted by molar-refractivity contribution is 7.92. The summed E-state index contributed by atoms with van der Waals surface area (Å²) in [4.78, 5) is 16.7. The van der Waals surface area contributed by atoms with Gasteiger partial charge in [0.25, 0.3) is 0 Å². The third-order valence-electron chi connectivity index (χ3n) is 3.82. The Kier molecular flexibility index (Phi) is 3.30. The lowest BCUT2D eigenvalue weighted by Gasteiger charge is -2.21. The molecule has 4 nitrogen and oxygen atoms in total. The first-order valence-corrected chi connectivity index (χ1v) is 8.40. The molecule has 0 radical (unpaired) electrons. The summed E-state index contributed by atoms with van der Waals surface area (Å²) in [7, 11) is -3.31. The van der Waals surface area contributed by atoms with E-state index in [2.05, 4.69) is 4.98 Å². The average Bonchev–Trinajstić information content (AvgIpc) is 2.45. The van der Waals surface area contributed by atoms with Crippen LogP contribution in [0.25, 0.3) is 10.8 Å². The number of hydrogen-bond donors (Lipinski definition) is 0. The number of hydrogen-bond acceptors (Lipinski definition) is 4. The Morgan fingerprint density at radius 2 is 2.05 bits per heavy atom. The zero-order chi connectivity index (χ0) is 14.2. The molecule has 0 saturated carbocycles. The highest BCUT2D eigenvalue weighted by Crippen LogP contribution is 2.26. The van der Waals surface area contributed by atoms with Crippen molar-refractivity contribution in [3.63, 3.8) is 0 Å². The van der Waals surface area contributed by atoms with E-state index in [4.69, 9.17) is 0 Å². The highest BCUT2D eigenvalue weighted by atomic mass is 32.2. The Balaban J connectivity index is 2.09.